The van der Waals surface area contributed by atoms with Crippen molar-refractivity contribution in [1.29, 1.82) is 0 Å². The van der Waals surface area contributed by atoms with Crippen molar-refractivity contribution in [3.8, 4) is 0 Å². The normalized spacial score (nSPS) is 24.6. The first-order valence-corrected chi connectivity index (χ1v) is 12.2. The Hall–Kier alpha value is -3.22. The van der Waals surface area contributed by atoms with Gasteiger partial charge in [-0.05, 0) is 41.2 Å². The first-order valence-electron chi connectivity index (χ1n) is 12.2. The van der Waals surface area contributed by atoms with Gasteiger partial charge in [0.05, 0.1) is 36.3 Å². The van der Waals surface area contributed by atoms with Gasteiger partial charge in [-0.15, -0.1) is 0 Å². The number of hydrogen-bond donors (Lipinski definition) is 2. The summed E-state index contributed by atoms with van der Waals surface area (Å²) in [4.78, 5) is 15.0. The van der Waals surface area contributed by atoms with Crippen LogP contribution in [0.15, 0.2) is 71.1 Å². The number of anilines is 1. The molecule has 3 unspecified atom stereocenters. The van der Waals surface area contributed by atoms with Gasteiger partial charge < -0.3 is 10.1 Å². The van der Waals surface area contributed by atoms with Gasteiger partial charge in [0, 0.05) is 30.7 Å². The Balaban J connectivity index is 1.40. The van der Waals surface area contributed by atoms with E-state index in [9.17, 15) is 4.79 Å². The van der Waals surface area contributed by atoms with Crippen molar-refractivity contribution in [2.24, 2.45) is 5.92 Å². The molecule has 174 valence electrons. The van der Waals surface area contributed by atoms with E-state index in [-0.39, 0.29) is 17.5 Å². The fourth-order valence-corrected chi connectivity index (χ4v) is 5.55. The maximum Gasteiger partial charge on any atom is 0.272 e. The number of nitrogens with zero attached hydrogens (tertiary/aromatic N) is 2. The van der Waals surface area contributed by atoms with Crippen molar-refractivity contribution in [3.63, 3.8) is 0 Å². The average Bonchev–Trinajstić information content (AvgIpc) is 2.87. The first kappa shape index (κ1) is 21.3. The van der Waals surface area contributed by atoms with E-state index in [4.69, 9.17) is 4.74 Å². The third kappa shape index (κ3) is 3.87. The van der Waals surface area contributed by atoms with Gasteiger partial charge in [0.15, 0.2) is 0 Å². The van der Waals surface area contributed by atoms with E-state index in [0.717, 1.165) is 56.0 Å². The van der Waals surface area contributed by atoms with Crippen LogP contribution in [0.1, 0.15) is 42.1 Å². The van der Waals surface area contributed by atoms with Gasteiger partial charge in [-0.1, -0.05) is 55.5 Å². The van der Waals surface area contributed by atoms with Crippen LogP contribution in [0.25, 0.3) is 10.8 Å². The number of H-pyrrole nitrogens is 1. The van der Waals surface area contributed by atoms with Crippen molar-refractivity contribution in [1.82, 2.24) is 15.1 Å². The lowest BCUT2D eigenvalue weighted by Crippen LogP contribution is -2.35. The summed E-state index contributed by atoms with van der Waals surface area (Å²) >= 11 is 0. The molecular formula is C28H30N4O2. The molecule has 0 amide bonds. The summed E-state index contributed by atoms with van der Waals surface area (Å²) in [6, 6.07) is 14.9. The molecule has 0 spiro atoms. The molecule has 2 N–H and O–H groups in total. The SMILES string of the molecule is CC1C=C(C2c3n[nH]c(=O)c4cccc(c34)NC2c2ccc(CN3CCOCC3)cc2)C=CC1. The van der Waals surface area contributed by atoms with E-state index in [1.807, 2.05) is 12.1 Å². The maximum atomic E-state index is 12.5. The summed E-state index contributed by atoms with van der Waals surface area (Å²) in [6.45, 7) is 6.79. The first-order chi connectivity index (χ1) is 16.7. The molecule has 6 heteroatoms. The summed E-state index contributed by atoms with van der Waals surface area (Å²) in [5.41, 5.74) is 5.55. The Labute approximate surface area is 199 Å². The number of allylic oxidation sites excluding steroid dienone is 3. The van der Waals surface area contributed by atoms with Crippen LogP contribution < -0.4 is 10.9 Å². The van der Waals surface area contributed by atoms with Gasteiger partial charge >= 0.3 is 0 Å². The molecule has 0 saturated carbocycles. The predicted octanol–water partition coefficient (Wildman–Crippen LogP) is 4.53. The zero-order valence-corrected chi connectivity index (χ0v) is 19.5. The molecule has 34 heavy (non-hydrogen) atoms. The Bertz CT molecular complexity index is 1320. The molecule has 1 fully saturated rings. The largest absolute Gasteiger partial charge is 0.379 e. The molecule has 6 nitrogen and oxygen atoms in total. The average molecular weight is 455 g/mol. The van der Waals surface area contributed by atoms with Crippen molar-refractivity contribution >= 4 is 16.5 Å². The van der Waals surface area contributed by atoms with Gasteiger partial charge in [0.2, 0.25) is 0 Å². The molecule has 1 aromatic heterocycles. The Morgan fingerprint density at radius 1 is 1.12 bits per heavy atom. The third-order valence-corrected chi connectivity index (χ3v) is 7.29. The molecule has 6 rings (SSSR count). The third-order valence-electron chi connectivity index (χ3n) is 7.29. The molecule has 2 aromatic carbocycles. The molecule has 3 aromatic rings. The van der Waals surface area contributed by atoms with E-state index in [0.29, 0.717) is 11.3 Å². The summed E-state index contributed by atoms with van der Waals surface area (Å²) in [7, 11) is 0. The number of benzene rings is 2. The summed E-state index contributed by atoms with van der Waals surface area (Å²) in [6.07, 6.45) is 7.90. The standard InChI is InChI=1S/C28H30N4O2/c1-18-4-2-5-21(16-18)24-26(20-10-8-19(9-11-20)17-32-12-14-34-15-13-32)29-23-7-3-6-22-25(23)27(24)30-31-28(22)33/h2-3,5-11,16,18,24,26,29H,4,12-15,17H2,1H3,(H,31,33). The van der Waals surface area contributed by atoms with E-state index >= 15 is 0 Å². The highest BCUT2D eigenvalue weighted by Gasteiger charge is 2.35. The van der Waals surface area contributed by atoms with Crippen LogP contribution in [0.5, 0.6) is 0 Å². The molecule has 0 bridgehead atoms. The molecule has 1 saturated heterocycles. The van der Waals surface area contributed by atoms with Crippen LogP contribution in [0.2, 0.25) is 0 Å². The number of rotatable bonds is 4. The molecular weight excluding hydrogens is 424 g/mol. The van der Waals surface area contributed by atoms with Gasteiger partial charge in [0.25, 0.3) is 5.56 Å². The van der Waals surface area contributed by atoms with E-state index in [1.54, 1.807) is 0 Å². The Morgan fingerprint density at radius 2 is 1.94 bits per heavy atom. The smallest absolute Gasteiger partial charge is 0.272 e. The fraction of sp³-hybridized carbons (Fsp3) is 0.357. The number of ether oxygens (including phenoxy) is 1. The number of aromatic nitrogens is 2. The second-order valence-corrected chi connectivity index (χ2v) is 9.68. The molecule has 1 aliphatic carbocycles. The number of morpholine rings is 1. The molecule has 0 radical (unpaired) electrons. The summed E-state index contributed by atoms with van der Waals surface area (Å²) in [5, 5.41) is 12.8. The molecule has 3 atom stereocenters. The van der Waals surface area contributed by atoms with E-state index in [1.165, 1.54) is 16.7 Å². The monoisotopic (exact) mass is 454 g/mol. The lowest BCUT2D eigenvalue weighted by molar-refractivity contribution is 0.0342. The number of aromatic amines is 1. The zero-order chi connectivity index (χ0) is 23.1. The van der Waals surface area contributed by atoms with Crippen molar-refractivity contribution in [2.75, 3.05) is 31.6 Å². The van der Waals surface area contributed by atoms with Crippen molar-refractivity contribution < 1.29 is 4.74 Å². The lowest BCUT2D eigenvalue weighted by Gasteiger charge is -2.36. The summed E-state index contributed by atoms with van der Waals surface area (Å²) < 4.78 is 5.48. The van der Waals surface area contributed by atoms with Crippen LogP contribution in [0, 0.1) is 5.92 Å². The maximum absolute atomic E-state index is 12.5. The summed E-state index contributed by atoms with van der Waals surface area (Å²) in [5.74, 6) is 0.491. The minimum atomic E-state index is -0.145. The van der Waals surface area contributed by atoms with E-state index in [2.05, 4.69) is 75.9 Å². The lowest BCUT2D eigenvalue weighted by atomic mass is 9.77. The fourth-order valence-electron chi connectivity index (χ4n) is 5.55. The highest BCUT2D eigenvalue weighted by molar-refractivity contribution is 5.97. The van der Waals surface area contributed by atoms with Gasteiger partial charge in [-0.2, -0.15) is 5.10 Å². The van der Waals surface area contributed by atoms with Gasteiger partial charge in [-0.3, -0.25) is 9.69 Å². The number of hydrogen-bond acceptors (Lipinski definition) is 5. The highest BCUT2D eigenvalue weighted by Crippen LogP contribution is 2.47. The zero-order valence-electron chi connectivity index (χ0n) is 19.5. The molecule has 2 aliphatic heterocycles. The Kier molecular flexibility index (Phi) is 5.55. The van der Waals surface area contributed by atoms with Crippen LogP contribution in [-0.4, -0.2) is 41.4 Å². The highest BCUT2D eigenvalue weighted by atomic mass is 16.5. The second-order valence-electron chi connectivity index (χ2n) is 9.68. The van der Waals surface area contributed by atoms with Gasteiger partial charge in [0.1, 0.15) is 0 Å². The minimum Gasteiger partial charge on any atom is -0.379 e. The second kappa shape index (κ2) is 8.85. The van der Waals surface area contributed by atoms with Crippen molar-refractivity contribution in [3.05, 3.63) is 93.4 Å². The van der Waals surface area contributed by atoms with E-state index < -0.39 is 0 Å². The van der Waals surface area contributed by atoms with Gasteiger partial charge in [-0.25, -0.2) is 5.10 Å². The minimum absolute atomic E-state index is 0.0124. The topological polar surface area (TPSA) is 70.2 Å². The van der Waals surface area contributed by atoms with Crippen molar-refractivity contribution in [2.45, 2.75) is 31.8 Å². The molecule has 3 aliphatic rings. The predicted molar refractivity (Wildman–Crippen MR) is 135 cm³/mol. The molecule has 3 heterocycles. The van der Waals surface area contributed by atoms with Crippen LogP contribution in [0.4, 0.5) is 5.69 Å². The van der Waals surface area contributed by atoms with Crippen LogP contribution in [-0.2, 0) is 11.3 Å². The van der Waals surface area contributed by atoms with Crippen LogP contribution in [0.3, 0.4) is 0 Å². The quantitative estimate of drug-likeness (QED) is 0.606. The number of nitrogens with one attached hydrogen (secondary N) is 2. The van der Waals surface area contributed by atoms with Crippen LogP contribution >= 0.6 is 0 Å². The Morgan fingerprint density at radius 3 is 2.74 bits per heavy atom.